The van der Waals surface area contributed by atoms with Crippen molar-refractivity contribution >= 4 is 26.3 Å². The molecule has 2 heteroatoms. The van der Waals surface area contributed by atoms with Gasteiger partial charge in [-0.3, -0.25) is 4.99 Å². The second kappa shape index (κ2) is 8.41. The molecule has 0 aromatic heterocycles. The van der Waals surface area contributed by atoms with Crippen molar-refractivity contribution in [1.82, 2.24) is 0 Å². The lowest BCUT2D eigenvalue weighted by molar-refractivity contribution is 1.26. The van der Waals surface area contributed by atoms with Crippen molar-refractivity contribution in [1.29, 1.82) is 0 Å². The van der Waals surface area contributed by atoms with Crippen LogP contribution in [0.5, 0.6) is 0 Å². The fraction of sp³-hybridized carbons (Fsp3) is 0.154. The summed E-state index contributed by atoms with van der Waals surface area (Å²) in [7, 11) is 0. The number of allylic oxidation sites excluding steroid dienone is 9. The average Bonchev–Trinajstić information content (AvgIpc) is 2.24. The second-order valence-corrected chi connectivity index (χ2v) is 4.03. The number of hydrogen-bond donors (Lipinski definition) is 0. The van der Waals surface area contributed by atoms with Crippen LogP contribution >= 0.6 is 22.6 Å². The fourth-order valence-electron chi connectivity index (χ4n) is 0.988. The van der Waals surface area contributed by atoms with Gasteiger partial charge in [0, 0.05) is 0 Å². The molecule has 0 radical (unpaired) electrons. The Bertz CT molecular complexity index is 344. The number of rotatable bonds is 0. The second-order valence-electron chi connectivity index (χ2n) is 2.93. The highest BCUT2D eigenvalue weighted by Crippen LogP contribution is 1.96. The maximum absolute atomic E-state index is 4.36. The number of hydrogen-bond acceptors (Lipinski definition) is 1. The molecule has 0 amide bonds. The number of halogens is 1. The first-order valence-electron chi connectivity index (χ1n) is 4.91. The maximum atomic E-state index is 4.36. The smallest absolute Gasteiger partial charge is 0.0957 e. The Morgan fingerprint density at radius 1 is 0.867 bits per heavy atom. The molecule has 1 aliphatic rings. The monoisotopic (exact) mass is 311 g/mol. The van der Waals surface area contributed by atoms with E-state index >= 15 is 0 Å². The summed E-state index contributed by atoms with van der Waals surface area (Å²) in [5.41, 5.74) is 0. The van der Waals surface area contributed by atoms with Gasteiger partial charge in [-0.2, -0.15) is 0 Å². The summed E-state index contributed by atoms with van der Waals surface area (Å²) in [6.45, 7) is 0.743. The van der Waals surface area contributed by atoms with E-state index in [2.05, 4.69) is 45.8 Å². The lowest BCUT2D eigenvalue weighted by Gasteiger charge is -1.87. The van der Waals surface area contributed by atoms with Gasteiger partial charge in [-0.05, 0) is 35.1 Å². The molecule has 0 atom stereocenters. The van der Waals surface area contributed by atoms with Crippen LogP contribution in [0.2, 0.25) is 0 Å². The molecular weight excluding hydrogens is 297 g/mol. The van der Waals surface area contributed by atoms with Crippen LogP contribution in [0.1, 0.15) is 6.42 Å². The zero-order valence-electron chi connectivity index (χ0n) is 8.51. The van der Waals surface area contributed by atoms with Gasteiger partial charge in [0.05, 0.1) is 10.3 Å². The van der Waals surface area contributed by atoms with Crippen LogP contribution in [0.15, 0.2) is 65.8 Å². The van der Waals surface area contributed by atoms with E-state index in [1.54, 1.807) is 0 Å². The van der Waals surface area contributed by atoms with Gasteiger partial charge in [0.25, 0.3) is 0 Å². The molecule has 1 heterocycles. The molecule has 0 saturated heterocycles. The van der Waals surface area contributed by atoms with Crippen molar-refractivity contribution < 1.29 is 0 Å². The highest BCUT2D eigenvalue weighted by atomic mass is 127. The van der Waals surface area contributed by atoms with E-state index in [9.17, 15) is 0 Å². The first-order valence-corrected chi connectivity index (χ1v) is 5.99. The minimum atomic E-state index is 0.743. The molecule has 0 unspecified atom stereocenters. The predicted octanol–water partition coefficient (Wildman–Crippen LogP) is 4.00. The van der Waals surface area contributed by atoms with E-state index < -0.39 is 0 Å². The van der Waals surface area contributed by atoms with E-state index in [1.807, 2.05) is 42.5 Å². The Kier molecular flexibility index (Phi) is 6.83. The van der Waals surface area contributed by atoms with Gasteiger partial charge in [-0.25, -0.2) is 0 Å². The van der Waals surface area contributed by atoms with E-state index in [1.165, 1.54) is 0 Å². The topological polar surface area (TPSA) is 12.4 Å². The molecule has 0 spiro atoms. The van der Waals surface area contributed by atoms with Gasteiger partial charge in [-0.15, -0.1) is 0 Å². The molecular formula is C13H14IN. The molecule has 1 nitrogen and oxygen atoms in total. The molecule has 1 aliphatic heterocycles. The molecule has 1 rings (SSSR count). The number of aliphatic imine (C=N–C) groups is 1. The Hall–Kier alpha value is -0.900. The Morgan fingerprint density at radius 2 is 1.53 bits per heavy atom. The summed E-state index contributed by atoms with van der Waals surface area (Å²) >= 11 is 2.23. The van der Waals surface area contributed by atoms with Gasteiger partial charge in [0.1, 0.15) is 0 Å². The molecule has 0 N–H and O–H groups in total. The van der Waals surface area contributed by atoms with Gasteiger partial charge < -0.3 is 0 Å². The molecule has 78 valence electrons. The van der Waals surface area contributed by atoms with Crippen molar-refractivity contribution in [3.8, 4) is 0 Å². The molecule has 0 bridgehead atoms. The van der Waals surface area contributed by atoms with Crippen molar-refractivity contribution in [3.63, 3.8) is 0 Å². The molecule has 0 aliphatic carbocycles. The Morgan fingerprint density at radius 3 is 2.40 bits per heavy atom. The number of nitrogens with zero attached hydrogens (tertiary/aromatic N) is 1. The normalized spacial score (nSPS) is 28.2. The van der Waals surface area contributed by atoms with Gasteiger partial charge >= 0.3 is 0 Å². The molecule has 0 saturated carbocycles. The summed E-state index contributed by atoms with van der Waals surface area (Å²) in [6.07, 6.45) is 21.4. The molecule has 0 fully saturated rings. The van der Waals surface area contributed by atoms with Crippen LogP contribution in [0, 0.1) is 0 Å². The third-order valence-corrected chi connectivity index (χ3v) is 2.41. The zero-order chi connectivity index (χ0) is 10.8. The highest BCUT2D eigenvalue weighted by molar-refractivity contribution is 14.1. The fourth-order valence-corrected chi connectivity index (χ4v) is 1.39. The zero-order valence-corrected chi connectivity index (χ0v) is 10.7. The van der Waals surface area contributed by atoms with Crippen LogP contribution in [-0.2, 0) is 0 Å². The van der Waals surface area contributed by atoms with Crippen molar-refractivity contribution in [2.45, 2.75) is 6.42 Å². The van der Waals surface area contributed by atoms with E-state index in [-0.39, 0.29) is 0 Å². The van der Waals surface area contributed by atoms with Crippen LogP contribution in [0.3, 0.4) is 0 Å². The quantitative estimate of drug-likeness (QED) is 0.600. The van der Waals surface area contributed by atoms with E-state index in [0.717, 1.165) is 16.7 Å². The van der Waals surface area contributed by atoms with Crippen LogP contribution in [0.25, 0.3) is 0 Å². The minimum Gasteiger partial charge on any atom is -0.275 e. The van der Waals surface area contributed by atoms with Crippen molar-refractivity contribution in [2.24, 2.45) is 4.99 Å². The third-order valence-electron chi connectivity index (χ3n) is 1.71. The largest absolute Gasteiger partial charge is 0.275 e. The SMILES string of the molecule is IC1=NC/C=C\C=C/C/C=C/C=C\C=C/1. The minimum absolute atomic E-state index is 0.743. The first kappa shape index (κ1) is 12.2. The van der Waals surface area contributed by atoms with E-state index in [4.69, 9.17) is 0 Å². The predicted molar refractivity (Wildman–Crippen MR) is 76.6 cm³/mol. The molecule has 0 aromatic carbocycles. The summed E-state index contributed by atoms with van der Waals surface area (Å²) in [4.78, 5) is 4.36. The van der Waals surface area contributed by atoms with Crippen molar-refractivity contribution in [2.75, 3.05) is 6.54 Å². The summed E-state index contributed by atoms with van der Waals surface area (Å²) < 4.78 is 1.02. The first-order chi connectivity index (χ1) is 7.39. The van der Waals surface area contributed by atoms with Gasteiger partial charge in [-0.1, -0.05) is 54.7 Å². The third kappa shape index (κ3) is 7.08. The van der Waals surface area contributed by atoms with Gasteiger partial charge in [0.15, 0.2) is 0 Å². The summed E-state index contributed by atoms with van der Waals surface area (Å²) in [6, 6.07) is 0. The lowest BCUT2D eigenvalue weighted by Crippen LogP contribution is -1.80. The summed E-state index contributed by atoms with van der Waals surface area (Å²) in [5, 5.41) is 0. The lowest BCUT2D eigenvalue weighted by atomic mass is 10.3. The van der Waals surface area contributed by atoms with Crippen LogP contribution in [-0.4, -0.2) is 10.3 Å². The van der Waals surface area contributed by atoms with Crippen LogP contribution in [0.4, 0.5) is 0 Å². The van der Waals surface area contributed by atoms with Crippen LogP contribution < -0.4 is 0 Å². The standard InChI is InChI=1S/C13H14IN/c14-13-11-9-7-5-3-1-2-4-6-8-10-12-15-13/h1,3-11H,2,12H2/b3-1+,6-4-,7-5-,10-8-,11-9-,15-13?. The van der Waals surface area contributed by atoms with Gasteiger partial charge in [0.2, 0.25) is 0 Å². The summed E-state index contributed by atoms with van der Waals surface area (Å²) in [5.74, 6) is 0. The highest BCUT2D eigenvalue weighted by Gasteiger charge is 1.81. The Balaban J connectivity index is 2.66. The molecule has 15 heavy (non-hydrogen) atoms. The molecule has 0 aromatic rings. The Labute approximate surface area is 105 Å². The maximum Gasteiger partial charge on any atom is 0.0957 e. The average molecular weight is 311 g/mol. The van der Waals surface area contributed by atoms with Crippen molar-refractivity contribution in [3.05, 3.63) is 60.8 Å². The van der Waals surface area contributed by atoms with E-state index in [0.29, 0.717) is 0 Å².